The Bertz CT molecular complexity index is 917. The molecule has 3 rings (SSSR count). The van der Waals surface area contributed by atoms with Crippen LogP contribution in [0.15, 0.2) is 36.4 Å². The normalized spacial score (nSPS) is 20.1. The molecule has 1 aliphatic rings. The molecule has 1 N–H and O–H groups in total. The zero-order valence-electron chi connectivity index (χ0n) is 18.2. The van der Waals surface area contributed by atoms with Crippen molar-refractivity contribution in [1.29, 1.82) is 0 Å². The minimum atomic E-state index is -0.828. The minimum Gasteiger partial charge on any atom is -0.449 e. The monoisotopic (exact) mass is 409 g/mol. The Morgan fingerprint density at radius 2 is 1.90 bits per heavy atom. The average molecular weight is 410 g/mol. The summed E-state index contributed by atoms with van der Waals surface area (Å²) in [5.41, 5.74) is 3.57. The van der Waals surface area contributed by atoms with Crippen molar-refractivity contribution in [2.45, 2.75) is 65.5 Å². The largest absolute Gasteiger partial charge is 0.449 e. The number of benzene rings is 1. The molecule has 3 atom stereocenters. The van der Waals surface area contributed by atoms with E-state index in [1.165, 1.54) is 12.5 Å². The van der Waals surface area contributed by atoms with Crippen LogP contribution in [0, 0.1) is 19.8 Å². The lowest BCUT2D eigenvalue weighted by molar-refractivity contribution is -0.150. The number of hydrogen-bond donors (Lipinski definition) is 1. The molecule has 1 aliphatic carbocycles. The van der Waals surface area contributed by atoms with Crippen molar-refractivity contribution in [2.24, 2.45) is 5.92 Å². The summed E-state index contributed by atoms with van der Waals surface area (Å²) in [7, 11) is 0. The van der Waals surface area contributed by atoms with Gasteiger partial charge in [-0.3, -0.25) is 4.79 Å². The summed E-state index contributed by atoms with van der Waals surface area (Å²) < 4.78 is 7.17. The summed E-state index contributed by atoms with van der Waals surface area (Å²) in [5, 5.41) is 7.60. The highest BCUT2D eigenvalue weighted by Gasteiger charge is 2.26. The molecule has 160 valence electrons. The molecule has 1 amide bonds. The van der Waals surface area contributed by atoms with Crippen molar-refractivity contribution in [2.75, 3.05) is 0 Å². The van der Waals surface area contributed by atoms with Crippen molar-refractivity contribution >= 4 is 18.0 Å². The van der Waals surface area contributed by atoms with E-state index >= 15 is 0 Å². The smallest absolute Gasteiger partial charge is 0.331 e. The van der Waals surface area contributed by atoms with Crippen molar-refractivity contribution in [1.82, 2.24) is 15.1 Å². The Kier molecular flexibility index (Phi) is 7.08. The highest BCUT2D eigenvalue weighted by Crippen LogP contribution is 2.24. The van der Waals surface area contributed by atoms with Gasteiger partial charge in [0.15, 0.2) is 6.10 Å². The molecular weight excluding hydrogens is 378 g/mol. The molecule has 0 radical (unpaired) electrons. The zero-order valence-corrected chi connectivity index (χ0v) is 18.2. The van der Waals surface area contributed by atoms with Crippen LogP contribution in [0.1, 0.15) is 56.5 Å². The van der Waals surface area contributed by atoms with Gasteiger partial charge in [0, 0.05) is 23.4 Å². The number of amides is 1. The molecule has 1 heterocycles. The fourth-order valence-corrected chi connectivity index (χ4v) is 3.97. The van der Waals surface area contributed by atoms with Crippen molar-refractivity contribution in [3.8, 4) is 5.69 Å². The highest BCUT2D eigenvalue weighted by molar-refractivity contribution is 5.90. The molecule has 1 saturated carbocycles. The van der Waals surface area contributed by atoms with Gasteiger partial charge < -0.3 is 10.1 Å². The molecule has 30 heavy (non-hydrogen) atoms. The maximum Gasteiger partial charge on any atom is 0.331 e. The number of para-hydroxylation sites is 1. The number of carbonyl (C=O) groups is 2. The predicted molar refractivity (Wildman–Crippen MR) is 117 cm³/mol. The third-order valence-corrected chi connectivity index (χ3v) is 5.84. The number of rotatable bonds is 6. The van der Waals surface area contributed by atoms with Crippen LogP contribution in [-0.2, 0) is 14.3 Å². The van der Waals surface area contributed by atoms with Crippen molar-refractivity contribution < 1.29 is 14.3 Å². The first-order valence-corrected chi connectivity index (χ1v) is 10.7. The fourth-order valence-electron chi connectivity index (χ4n) is 3.97. The highest BCUT2D eigenvalue weighted by atomic mass is 16.5. The predicted octanol–water partition coefficient (Wildman–Crippen LogP) is 4.13. The number of carbonyl (C=O) groups excluding carboxylic acids is 2. The Balaban J connectivity index is 1.60. The third-order valence-electron chi connectivity index (χ3n) is 5.84. The molecule has 0 spiro atoms. The fraction of sp³-hybridized carbons (Fsp3) is 0.458. The van der Waals surface area contributed by atoms with Crippen LogP contribution in [-0.4, -0.2) is 33.8 Å². The summed E-state index contributed by atoms with van der Waals surface area (Å²) in [6, 6.07) is 10.00. The Hall–Kier alpha value is -2.89. The van der Waals surface area contributed by atoms with E-state index < -0.39 is 12.1 Å². The van der Waals surface area contributed by atoms with Gasteiger partial charge in [0.2, 0.25) is 0 Å². The van der Waals surface area contributed by atoms with E-state index in [1.54, 1.807) is 13.0 Å². The van der Waals surface area contributed by atoms with Crippen molar-refractivity contribution in [3.63, 3.8) is 0 Å². The SMILES string of the molecule is Cc1nn(-c2ccccc2)c(C)c1/C=C/C(=O)OC(C)C(=O)NC1CCCCC1C. The van der Waals surface area contributed by atoms with E-state index in [1.807, 2.05) is 48.9 Å². The molecule has 2 aromatic rings. The molecule has 3 unspecified atom stereocenters. The number of esters is 1. The van der Waals surface area contributed by atoms with E-state index in [0.717, 1.165) is 41.9 Å². The van der Waals surface area contributed by atoms with Crippen LogP contribution in [0.2, 0.25) is 0 Å². The van der Waals surface area contributed by atoms with Crippen LogP contribution < -0.4 is 5.32 Å². The third kappa shape index (κ3) is 5.17. The minimum absolute atomic E-state index is 0.164. The van der Waals surface area contributed by atoms with E-state index in [9.17, 15) is 9.59 Å². The number of ether oxygens (including phenoxy) is 1. The lowest BCUT2D eigenvalue weighted by Gasteiger charge is -2.30. The Labute approximate surface area is 178 Å². The molecule has 1 aromatic heterocycles. The average Bonchev–Trinajstić information content (AvgIpc) is 3.02. The lowest BCUT2D eigenvalue weighted by Crippen LogP contribution is -2.45. The molecule has 0 bridgehead atoms. The van der Waals surface area contributed by atoms with Gasteiger partial charge in [-0.1, -0.05) is 38.0 Å². The van der Waals surface area contributed by atoms with E-state index in [0.29, 0.717) is 5.92 Å². The van der Waals surface area contributed by atoms with Crippen LogP contribution in [0.3, 0.4) is 0 Å². The molecule has 1 fully saturated rings. The molecule has 0 aliphatic heterocycles. The number of aromatic nitrogens is 2. The van der Waals surface area contributed by atoms with E-state index in [2.05, 4.69) is 17.3 Å². The second-order valence-corrected chi connectivity index (χ2v) is 8.12. The first kappa shape index (κ1) is 21.8. The molecule has 6 nitrogen and oxygen atoms in total. The first-order chi connectivity index (χ1) is 14.4. The summed E-state index contributed by atoms with van der Waals surface area (Å²) in [5.74, 6) is -0.321. The molecule has 1 aromatic carbocycles. The standard InChI is InChI=1S/C24H31N3O3/c1-16-10-8-9-13-22(16)25-24(29)19(4)30-23(28)15-14-21-17(2)26-27(18(21)3)20-11-6-5-7-12-20/h5-7,11-12,14-16,19,22H,8-10,13H2,1-4H3,(H,25,29)/b15-14+. The Morgan fingerprint density at radius 3 is 2.60 bits per heavy atom. The van der Waals surface area contributed by atoms with E-state index in [4.69, 9.17) is 4.74 Å². The van der Waals surface area contributed by atoms with E-state index in [-0.39, 0.29) is 11.9 Å². The van der Waals surface area contributed by atoms with Crippen LogP contribution in [0.4, 0.5) is 0 Å². The van der Waals surface area contributed by atoms with Crippen LogP contribution in [0.25, 0.3) is 11.8 Å². The number of nitrogens with zero attached hydrogens (tertiary/aromatic N) is 2. The number of aryl methyl sites for hydroxylation is 1. The number of hydrogen-bond acceptors (Lipinski definition) is 4. The number of nitrogens with one attached hydrogen (secondary N) is 1. The lowest BCUT2D eigenvalue weighted by atomic mass is 9.86. The van der Waals surface area contributed by atoms with Crippen LogP contribution in [0.5, 0.6) is 0 Å². The van der Waals surface area contributed by atoms with Gasteiger partial charge >= 0.3 is 5.97 Å². The zero-order chi connectivity index (χ0) is 21.7. The second-order valence-electron chi connectivity index (χ2n) is 8.12. The topological polar surface area (TPSA) is 73.2 Å². The summed E-state index contributed by atoms with van der Waals surface area (Å²) in [4.78, 5) is 24.7. The summed E-state index contributed by atoms with van der Waals surface area (Å²) in [6.45, 7) is 7.63. The maximum atomic E-state index is 12.4. The summed E-state index contributed by atoms with van der Waals surface area (Å²) >= 11 is 0. The van der Waals surface area contributed by atoms with Gasteiger partial charge in [0.1, 0.15) is 0 Å². The molecule has 0 saturated heterocycles. The second kappa shape index (κ2) is 9.74. The van der Waals surface area contributed by atoms with Gasteiger partial charge in [-0.25, -0.2) is 9.48 Å². The van der Waals surface area contributed by atoms with Gasteiger partial charge in [-0.2, -0.15) is 5.10 Å². The Morgan fingerprint density at radius 1 is 1.20 bits per heavy atom. The van der Waals surface area contributed by atoms with Gasteiger partial charge in [0.25, 0.3) is 5.91 Å². The van der Waals surface area contributed by atoms with Gasteiger partial charge in [-0.15, -0.1) is 0 Å². The molecule has 6 heteroatoms. The van der Waals surface area contributed by atoms with Crippen molar-refractivity contribution in [3.05, 3.63) is 53.4 Å². The first-order valence-electron chi connectivity index (χ1n) is 10.7. The quantitative estimate of drug-likeness (QED) is 0.575. The van der Waals surface area contributed by atoms with Gasteiger partial charge in [0.05, 0.1) is 11.4 Å². The maximum absolute atomic E-state index is 12.4. The van der Waals surface area contributed by atoms with Gasteiger partial charge in [-0.05, 0) is 57.7 Å². The molecular formula is C24H31N3O3. The summed E-state index contributed by atoms with van der Waals surface area (Å²) in [6.07, 6.45) is 6.68. The van der Waals surface area contributed by atoms with Crippen LogP contribution >= 0.6 is 0 Å².